The van der Waals surface area contributed by atoms with Crippen LogP contribution in [0, 0.1) is 0 Å². The molecule has 2 heterocycles. The van der Waals surface area contributed by atoms with Crippen molar-refractivity contribution in [2.75, 3.05) is 31.9 Å². The Morgan fingerprint density at radius 3 is 2.54 bits per heavy atom. The monoisotopic (exact) mass is 398 g/mol. The summed E-state index contributed by atoms with van der Waals surface area (Å²) in [6.07, 6.45) is 3.64. The highest BCUT2D eigenvalue weighted by Gasteiger charge is 2.29. The molecule has 7 nitrogen and oxygen atoms in total. The highest BCUT2D eigenvalue weighted by molar-refractivity contribution is 7.89. The van der Waals surface area contributed by atoms with Crippen LogP contribution in [0.5, 0.6) is 0 Å². The molecule has 1 saturated heterocycles. The number of hydrogen-bond acceptors (Lipinski definition) is 4. The van der Waals surface area contributed by atoms with Crippen LogP contribution in [0.1, 0.15) is 16.2 Å². The third-order valence-electron chi connectivity index (χ3n) is 5.09. The molecule has 0 bridgehead atoms. The van der Waals surface area contributed by atoms with E-state index in [9.17, 15) is 13.2 Å². The molecule has 0 saturated carbocycles. The summed E-state index contributed by atoms with van der Waals surface area (Å²) >= 11 is 0. The van der Waals surface area contributed by atoms with Crippen LogP contribution < -0.4 is 0 Å². The Balaban J connectivity index is 1.41. The number of fused-ring (bicyclic) bond motifs is 1. The summed E-state index contributed by atoms with van der Waals surface area (Å²) in [5, 5.41) is 1.94. The summed E-state index contributed by atoms with van der Waals surface area (Å²) in [6, 6.07) is 13.5. The molecule has 1 N–H and O–H groups in total. The smallest absolute Gasteiger partial charge is 0.254 e. The fraction of sp³-hybridized carbons (Fsp3) is 0.300. The first kappa shape index (κ1) is 18.6. The number of carbonyl (C=O) groups is 1. The average Bonchev–Trinajstić information content (AvgIpc) is 3.25. The van der Waals surface area contributed by atoms with Gasteiger partial charge >= 0.3 is 0 Å². The highest BCUT2D eigenvalue weighted by atomic mass is 32.2. The van der Waals surface area contributed by atoms with Crippen molar-refractivity contribution in [2.24, 2.45) is 0 Å². The number of hydrogen-bond donors (Lipinski definition) is 1. The van der Waals surface area contributed by atoms with E-state index in [4.69, 9.17) is 0 Å². The molecule has 3 aromatic rings. The Labute approximate surface area is 164 Å². The molecule has 2 aromatic carbocycles. The number of piperazine rings is 1. The van der Waals surface area contributed by atoms with Crippen molar-refractivity contribution in [2.45, 2.75) is 6.42 Å². The maximum absolute atomic E-state index is 13.0. The van der Waals surface area contributed by atoms with E-state index in [1.165, 1.54) is 4.31 Å². The molecule has 0 radical (unpaired) electrons. The number of benzene rings is 2. The van der Waals surface area contributed by atoms with E-state index < -0.39 is 10.0 Å². The van der Waals surface area contributed by atoms with Crippen molar-refractivity contribution in [3.63, 3.8) is 0 Å². The van der Waals surface area contributed by atoms with Gasteiger partial charge in [0.2, 0.25) is 10.0 Å². The SMILES string of the molecule is O=C(c1cccc2ccccc12)N1CCN(S(=O)(=O)CCc2ncc[nH]2)CC1. The second-order valence-electron chi connectivity index (χ2n) is 6.82. The molecule has 0 atom stereocenters. The summed E-state index contributed by atoms with van der Waals surface area (Å²) in [7, 11) is -3.37. The van der Waals surface area contributed by atoms with E-state index >= 15 is 0 Å². The summed E-state index contributed by atoms with van der Waals surface area (Å²) in [6.45, 7) is 1.41. The minimum Gasteiger partial charge on any atom is -0.349 e. The van der Waals surface area contributed by atoms with E-state index in [2.05, 4.69) is 9.97 Å². The molecule has 4 rings (SSSR count). The molecule has 146 valence electrons. The van der Waals surface area contributed by atoms with Gasteiger partial charge in [0.1, 0.15) is 5.82 Å². The molecule has 0 spiro atoms. The molecule has 1 amide bonds. The van der Waals surface area contributed by atoms with Crippen molar-refractivity contribution >= 4 is 26.7 Å². The van der Waals surface area contributed by atoms with Crippen LogP contribution in [0.4, 0.5) is 0 Å². The molecular formula is C20H22N4O3S. The summed E-state index contributed by atoms with van der Waals surface area (Å²) in [5.41, 5.74) is 0.659. The molecule has 0 unspecified atom stereocenters. The fourth-order valence-electron chi connectivity index (χ4n) is 3.54. The number of amides is 1. The number of carbonyl (C=O) groups excluding carboxylic acids is 1. The highest BCUT2D eigenvalue weighted by Crippen LogP contribution is 2.21. The first-order chi connectivity index (χ1) is 13.5. The second kappa shape index (κ2) is 7.73. The zero-order valence-electron chi connectivity index (χ0n) is 15.4. The molecule has 28 heavy (non-hydrogen) atoms. The number of imidazole rings is 1. The zero-order chi connectivity index (χ0) is 19.6. The van der Waals surface area contributed by atoms with Crippen molar-refractivity contribution < 1.29 is 13.2 Å². The Morgan fingerprint density at radius 1 is 1.04 bits per heavy atom. The number of sulfonamides is 1. The maximum Gasteiger partial charge on any atom is 0.254 e. The minimum atomic E-state index is -3.37. The number of nitrogens with one attached hydrogen (secondary N) is 1. The maximum atomic E-state index is 13.0. The van der Waals surface area contributed by atoms with Crippen LogP contribution in [-0.2, 0) is 16.4 Å². The van der Waals surface area contributed by atoms with Gasteiger partial charge in [0, 0.05) is 50.6 Å². The third-order valence-corrected chi connectivity index (χ3v) is 6.96. The van der Waals surface area contributed by atoms with Crippen molar-refractivity contribution in [1.29, 1.82) is 0 Å². The lowest BCUT2D eigenvalue weighted by Crippen LogP contribution is -2.51. The topological polar surface area (TPSA) is 86.4 Å². The van der Waals surface area contributed by atoms with Crippen molar-refractivity contribution in [3.05, 3.63) is 66.2 Å². The van der Waals surface area contributed by atoms with E-state index in [0.29, 0.717) is 44.0 Å². The number of nitrogens with zero attached hydrogens (tertiary/aromatic N) is 3. The molecule has 1 aliphatic heterocycles. The van der Waals surface area contributed by atoms with Crippen LogP contribution >= 0.6 is 0 Å². The van der Waals surface area contributed by atoms with Gasteiger partial charge in [0.15, 0.2) is 0 Å². The van der Waals surface area contributed by atoms with Gasteiger partial charge < -0.3 is 9.88 Å². The molecule has 1 fully saturated rings. The van der Waals surface area contributed by atoms with Gasteiger partial charge in [-0.25, -0.2) is 13.4 Å². The summed E-state index contributed by atoms with van der Waals surface area (Å²) in [5.74, 6) is 0.621. The molecule has 1 aromatic heterocycles. The number of aryl methyl sites for hydroxylation is 1. The standard InChI is InChI=1S/C20H22N4O3S/c25-20(18-7-3-5-16-4-1-2-6-17(16)18)23-11-13-24(14-12-23)28(26,27)15-8-19-21-9-10-22-19/h1-7,9-10H,8,11-15H2,(H,21,22). The van der Waals surface area contributed by atoms with Crippen LogP contribution in [0.15, 0.2) is 54.9 Å². The van der Waals surface area contributed by atoms with Gasteiger partial charge in [0.05, 0.1) is 5.75 Å². The van der Waals surface area contributed by atoms with Gasteiger partial charge in [-0.05, 0) is 16.8 Å². The van der Waals surface area contributed by atoms with Crippen LogP contribution in [-0.4, -0.2) is 65.4 Å². The molecule has 8 heteroatoms. The quantitative estimate of drug-likeness (QED) is 0.711. The van der Waals surface area contributed by atoms with Gasteiger partial charge in [-0.1, -0.05) is 36.4 Å². The van der Waals surface area contributed by atoms with Gasteiger partial charge in [-0.2, -0.15) is 4.31 Å². The fourth-order valence-corrected chi connectivity index (χ4v) is 4.97. The van der Waals surface area contributed by atoms with E-state index in [1.54, 1.807) is 17.3 Å². The molecular weight excluding hydrogens is 376 g/mol. The van der Waals surface area contributed by atoms with Crippen molar-refractivity contribution in [1.82, 2.24) is 19.2 Å². The van der Waals surface area contributed by atoms with Crippen molar-refractivity contribution in [3.8, 4) is 0 Å². The number of aromatic amines is 1. The summed E-state index contributed by atoms with van der Waals surface area (Å²) < 4.78 is 26.6. The normalized spacial score (nSPS) is 15.8. The Bertz CT molecular complexity index is 1070. The lowest BCUT2D eigenvalue weighted by atomic mass is 10.0. The summed E-state index contributed by atoms with van der Waals surface area (Å²) in [4.78, 5) is 21.7. The minimum absolute atomic E-state index is 0.0117. The first-order valence-electron chi connectivity index (χ1n) is 9.28. The lowest BCUT2D eigenvalue weighted by Gasteiger charge is -2.34. The third kappa shape index (κ3) is 3.79. The number of rotatable bonds is 5. The van der Waals surface area contributed by atoms with E-state index in [1.807, 2.05) is 42.5 Å². The Hall–Kier alpha value is -2.71. The van der Waals surface area contributed by atoms with Gasteiger partial charge in [-0.3, -0.25) is 4.79 Å². The van der Waals surface area contributed by atoms with E-state index in [-0.39, 0.29) is 11.7 Å². The van der Waals surface area contributed by atoms with Crippen LogP contribution in [0.3, 0.4) is 0 Å². The predicted octanol–water partition coefficient (Wildman–Crippen LogP) is 1.89. The lowest BCUT2D eigenvalue weighted by molar-refractivity contribution is 0.0700. The predicted molar refractivity (Wildman–Crippen MR) is 108 cm³/mol. The Kier molecular flexibility index (Phi) is 5.15. The van der Waals surface area contributed by atoms with Crippen LogP contribution in [0.25, 0.3) is 10.8 Å². The zero-order valence-corrected chi connectivity index (χ0v) is 16.2. The first-order valence-corrected chi connectivity index (χ1v) is 10.9. The number of aromatic nitrogens is 2. The average molecular weight is 398 g/mol. The van der Waals surface area contributed by atoms with Gasteiger partial charge in [0.25, 0.3) is 5.91 Å². The van der Waals surface area contributed by atoms with Gasteiger partial charge in [-0.15, -0.1) is 0 Å². The molecule has 1 aliphatic rings. The van der Waals surface area contributed by atoms with E-state index in [0.717, 1.165) is 10.8 Å². The van der Waals surface area contributed by atoms with Crippen LogP contribution in [0.2, 0.25) is 0 Å². The number of H-pyrrole nitrogens is 1. The largest absolute Gasteiger partial charge is 0.349 e. The second-order valence-corrected chi connectivity index (χ2v) is 8.91. The molecule has 0 aliphatic carbocycles. The Morgan fingerprint density at radius 2 is 1.79 bits per heavy atom.